The Morgan fingerprint density at radius 1 is 1.43 bits per heavy atom. The van der Waals surface area contributed by atoms with Crippen LogP contribution in [0.15, 0.2) is 23.0 Å². The number of carbonyl (C=O) groups is 1. The minimum Gasteiger partial charge on any atom is -0.348 e. The molecule has 3 rings (SSSR count). The summed E-state index contributed by atoms with van der Waals surface area (Å²) in [6.45, 7) is 3.28. The van der Waals surface area contributed by atoms with E-state index in [1.807, 2.05) is 4.90 Å². The van der Waals surface area contributed by atoms with Gasteiger partial charge in [-0.3, -0.25) is 14.6 Å². The molecule has 0 saturated carbocycles. The molecule has 0 unspecified atom stereocenters. The summed E-state index contributed by atoms with van der Waals surface area (Å²) in [4.78, 5) is 33.5. The molecule has 0 atom stereocenters. The van der Waals surface area contributed by atoms with E-state index in [1.165, 1.54) is 17.4 Å². The van der Waals surface area contributed by atoms with Crippen LogP contribution in [0.5, 0.6) is 0 Å². The second-order valence-corrected chi connectivity index (χ2v) is 7.26. The van der Waals surface area contributed by atoms with Gasteiger partial charge < -0.3 is 10.2 Å². The number of anilines is 1. The van der Waals surface area contributed by atoms with E-state index in [2.05, 4.69) is 15.3 Å². The van der Waals surface area contributed by atoms with Crippen molar-refractivity contribution in [2.24, 2.45) is 0 Å². The number of thiophene rings is 1. The highest BCUT2D eigenvalue weighted by Crippen LogP contribution is 2.22. The minimum atomic E-state index is -0.141. The van der Waals surface area contributed by atoms with Gasteiger partial charge in [-0.05, 0) is 31.9 Å². The second-order valence-electron chi connectivity index (χ2n) is 5.55. The van der Waals surface area contributed by atoms with Gasteiger partial charge in [0, 0.05) is 30.9 Å². The number of aromatic nitrogens is 2. The molecule has 1 fully saturated rings. The molecule has 8 heteroatoms. The molecule has 2 aromatic rings. The summed E-state index contributed by atoms with van der Waals surface area (Å²) < 4.78 is 0.611. The van der Waals surface area contributed by atoms with E-state index in [1.54, 1.807) is 19.1 Å². The molecule has 2 aromatic heterocycles. The van der Waals surface area contributed by atoms with Crippen LogP contribution in [0.4, 0.5) is 5.95 Å². The molecular formula is C15H17ClN4O2S. The Labute approximate surface area is 142 Å². The quantitative estimate of drug-likeness (QED) is 0.887. The molecule has 3 heterocycles. The van der Waals surface area contributed by atoms with E-state index in [9.17, 15) is 9.59 Å². The lowest BCUT2D eigenvalue weighted by atomic mass is 10.1. The molecule has 0 aromatic carbocycles. The first-order chi connectivity index (χ1) is 11.0. The fraction of sp³-hybridized carbons (Fsp3) is 0.400. The second kappa shape index (κ2) is 6.72. The predicted octanol–water partition coefficient (Wildman–Crippen LogP) is 2.19. The predicted molar refractivity (Wildman–Crippen MR) is 91.6 cm³/mol. The number of aromatic amines is 1. The van der Waals surface area contributed by atoms with E-state index in [0.29, 0.717) is 20.9 Å². The van der Waals surface area contributed by atoms with Crippen LogP contribution in [0.25, 0.3) is 0 Å². The first-order valence-electron chi connectivity index (χ1n) is 7.40. The third kappa shape index (κ3) is 3.92. The topological polar surface area (TPSA) is 78.1 Å². The van der Waals surface area contributed by atoms with Gasteiger partial charge in [-0.2, -0.15) is 0 Å². The molecule has 0 bridgehead atoms. The summed E-state index contributed by atoms with van der Waals surface area (Å²) in [7, 11) is 0. The largest absolute Gasteiger partial charge is 0.348 e. The van der Waals surface area contributed by atoms with Gasteiger partial charge in [0.1, 0.15) is 0 Å². The SMILES string of the molecule is Cc1cc(=O)[nH]c(N2CCC(NC(=O)c3ccc(Cl)s3)CC2)n1. The summed E-state index contributed by atoms with van der Waals surface area (Å²) in [5, 5.41) is 3.04. The molecule has 1 saturated heterocycles. The molecule has 1 aliphatic heterocycles. The highest BCUT2D eigenvalue weighted by Gasteiger charge is 2.23. The van der Waals surface area contributed by atoms with Crippen molar-refractivity contribution in [2.75, 3.05) is 18.0 Å². The van der Waals surface area contributed by atoms with Crippen LogP contribution in [-0.2, 0) is 0 Å². The van der Waals surface area contributed by atoms with Crippen molar-refractivity contribution in [3.05, 3.63) is 43.5 Å². The van der Waals surface area contributed by atoms with Crippen molar-refractivity contribution in [1.29, 1.82) is 0 Å². The number of amides is 1. The number of aryl methyl sites for hydroxylation is 1. The monoisotopic (exact) mass is 352 g/mol. The number of nitrogens with one attached hydrogen (secondary N) is 2. The Balaban J connectivity index is 1.58. The maximum atomic E-state index is 12.1. The van der Waals surface area contributed by atoms with E-state index in [0.717, 1.165) is 25.9 Å². The van der Waals surface area contributed by atoms with Crippen LogP contribution < -0.4 is 15.8 Å². The fourth-order valence-corrected chi connectivity index (χ4v) is 3.59. The van der Waals surface area contributed by atoms with Crippen molar-refractivity contribution in [3.8, 4) is 0 Å². The van der Waals surface area contributed by atoms with Gasteiger partial charge in [0.2, 0.25) is 5.95 Å². The number of hydrogen-bond donors (Lipinski definition) is 2. The lowest BCUT2D eigenvalue weighted by Crippen LogP contribution is -2.45. The van der Waals surface area contributed by atoms with E-state index >= 15 is 0 Å². The van der Waals surface area contributed by atoms with E-state index in [-0.39, 0.29) is 17.5 Å². The number of nitrogens with zero attached hydrogens (tertiary/aromatic N) is 2. The Bertz CT molecular complexity index is 765. The smallest absolute Gasteiger partial charge is 0.261 e. The number of piperidine rings is 1. The number of carbonyl (C=O) groups excluding carboxylic acids is 1. The third-order valence-electron chi connectivity index (χ3n) is 3.78. The van der Waals surface area contributed by atoms with E-state index < -0.39 is 0 Å². The summed E-state index contributed by atoms with van der Waals surface area (Å²) >= 11 is 7.13. The number of H-pyrrole nitrogens is 1. The zero-order valence-electron chi connectivity index (χ0n) is 12.6. The maximum Gasteiger partial charge on any atom is 0.261 e. The Kier molecular flexibility index (Phi) is 4.68. The van der Waals surface area contributed by atoms with Gasteiger partial charge in [0.05, 0.1) is 9.21 Å². The lowest BCUT2D eigenvalue weighted by Gasteiger charge is -2.32. The molecule has 23 heavy (non-hydrogen) atoms. The number of halogens is 1. The minimum absolute atomic E-state index is 0.0811. The summed E-state index contributed by atoms with van der Waals surface area (Å²) in [6.07, 6.45) is 1.62. The fourth-order valence-electron chi connectivity index (χ4n) is 2.64. The Hall–Kier alpha value is -1.86. The molecule has 1 aliphatic rings. The van der Waals surface area contributed by atoms with Crippen LogP contribution in [0.1, 0.15) is 28.2 Å². The van der Waals surface area contributed by atoms with Gasteiger partial charge in [-0.25, -0.2) is 4.98 Å². The number of rotatable bonds is 3. The van der Waals surface area contributed by atoms with Crippen molar-refractivity contribution in [2.45, 2.75) is 25.8 Å². The zero-order valence-corrected chi connectivity index (χ0v) is 14.2. The summed E-state index contributed by atoms with van der Waals surface area (Å²) in [6, 6.07) is 5.06. The van der Waals surface area contributed by atoms with Crippen molar-refractivity contribution in [3.63, 3.8) is 0 Å². The molecule has 2 N–H and O–H groups in total. The molecule has 0 radical (unpaired) electrons. The summed E-state index contributed by atoms with van der Waals surface area (Å²) in [5.74, 6) is 0.521. The average molecular weight is 353 g/mol. The highest BCUT2D eigenvalue weighted by atomic mass is 35.5. The van der Waals surface area contributed by atoms with Crippen molar-refractivity contribution < 1.29 is 4.79 Å². The lowest BCUT2D eigenvalue weighted by molar-refractivity contribution is 0.0935. The first kappa shape index (κ1) is 16.0. The normalized spacial score (nSPS) is 15.7. The Morgan fingerprint density at radius 2 is 2.17 bits per heavy atom. The van der Waals surface area contributed by atoms with Gasteiger partial charge in [-0.1, -0.05) is 11.6 Å². The van der Waals surface area contributed by atoms with Crippen molar-refractivity contribution >= 4 is 34.8 Å². The van der Waals surface area contributed by atoms with E-state index in [4.69, 9.17) is 11.6 Å². The van der Waals surface area contributed by atoms with Crippen LogP contribution in [0, 0.1) is 6.92 Å². The maximum absolute atomic E-state index is 12.1. The van der Waals surface area contributed by atoms with Crippen LogP contribution in [0.3, 0.4) is 0 Å². The van der Waals surface area contributed by atoms with Gasteiger partial charge in [-0.15, -0.1) is 11.3 Å². The van der Waals surface area contributed by atoms with Gasteiger partial charge in [0.15, 0.2) is 0 Å². The standard InChI is InChI=1S/C15H17ClN4O2S/c1-9-8-13(21)19-15(17-9)20-6-4-10(5-7-20)18-14(22)11-2-3-12(16)23-11/h2-3,8,10H,4-7H2,1H3,(H,18,22)(H,17,19,21). The summed E-state index contributed by atoms with van der Waals surface area (Å²) in [5.41, 5.74) is 0.561. The molecule has 0 aliphatic carbocycles. The molecule has 122 valence electrons. The van der Waals surface area contributed by atoms with Gasteiger partial charge in [0.25, 0.3) is 11.5 Å². The van der Waals surface area contributed by atoms with Crippen LogP contribution >= 0.6 is 22.9 Å². The van der Waals surface area contributed by atoms with Gasteiger partial charge >= 0.3 is 0 Å². The number of hydrogen-bond acceptors (Lipinski definition) is 5. The third-order valence-corrected chi connectivity index (χ3v) is 5.01. The van der Waals surface area contributed by atoms with Crippen molar-refractivity contribution in [1.82, 2.24) is 15.3 Å². The molecular weight excluding hydrogens is 336 g/mol. The van der Waals surface area contributed by atoms with Crippen LogP contribution in [-0.4, -0.2) is 35.0 Å². The molecule has 0 spiro atoms. The molecule has 6 nitrogen and oxygen atoms in total. The highest BCUT2D eigenvalue weighted by molar-refractivity contribution is 7.17. The molecule has 1 amide bonds. The first-order valence-corrected chi connectivity index (χ1v) is 8.60. The Morgan fingerprint density at radius 3 is 2.78 bits per heavy atom. The average Bonchev–Trinajstić information content (AvgIpc) is 2.94. The van der Waals surface area contributed by atoms with Crippen LogP contribution in [0.2, 0.25) is 4.34 Å². The zero-order chi connectivity index (χ0) is 16.4.